The molecule has 3 aromatic rings. The highest BCUT2D eigenvalue weighted by Gasteiger charge is 2.34. The summed E-state index contributed by atoms with van der Waals surface area (Å²) >= 11 is 3.32. The minimum atomic E-state index is -0.887. The summed E-state index contributed by atoms with van der Waals surface area (Å²) in [6, 6.07) is 8.24. The number of halogens is 1. The fraction of sp³-hybridized carbons (Fsp3) is 0.423. The van der Waals surface area contributed by atoms with E-state index in [-0.39, 0.29) is 23.5 Å². The highest BCUT2D eigenvalue weighted by Crippen LogP contribution is 2.39. The molecule has 1 aliphatic rings. The number of fused-ring (bicyclic) bond motifs is 3. The van der Waals surface area contributed by atoms with Crippen LogP contribution in [-0.4, -0.2) is 38.1 Å². The molecule has 10 nitrogen and oxygen atoms in total. The lowest BCUT2D eigenvalue weighted by molar-refractivity contribution is -0.384. The molecule has 1 aliphatic heterocycles. The Kier molecular flexibility index (Phi) is 7.27. The summed E-state index contributed by atoms with van der Waals surface area (Å²) in [4.78, 5) is 41.9. The van der Waals surface area contributed by atoms with Crippen molar-refractivity contribution in [1.29, 1.82) is 0 Å². The molecule has 2 aromatic carbocycles. The van der Waals surface area contributed by atoms with E-state index >= 15 is 0 Å². The Morgan fingerprint density at radius 3 is 2.57 bits per heavy atom. The van der Waals surface area contributed by atoms with Gasteiger partial charge in [-0.15, -0.1) is 0 Å². The van der Waals surface area contributed by atoms with Crippen molar-refractivity contribution >= 4 is 44.7 Å². The molecule has 196 valence electrons. The molecule has 0 fully saturated rings. The van der Waals surface area contributed by atoms with Crippen LogP contribution in [0.1, 0.15) is 55.7 Å². The number of alkyl carbamates (subject to hydrolysis) is 1. The normalized spacial score (nSPS) is 15.8. The number of hydrogen-bond acceptors (Lipinski definition) is 6. The van der Waals surface area contributed by atoms with E-state index in [0.717, 1.165) is 16.7 Å². The Bertz CT molecular complexity index is 1380. The minimum absolute atomic E-state index is 0.0918. The van der Waals surface area contributed by atoms with Crippen LogP contribution in [0, 0.1) is 24.0 Å². The topological polar surface area (TPSA) is 128 Å². The van der Waals surface area contributed by atoms with Crippen molar-refractivity contribution in [2.45, 2.75) is 71.7 Å². The third kappa shape index (κ3) is 5.76. The molecule has 1 aromatic heterocycles. The lowest BCUT2D eigenvalue weighted by Gasteiger charge is -2.24. The number of ether oxygens (including phenoxy) is 1. The first-order chi connectivity index (χ1) is 17.3. The van der Waals surface area contributed by atoms with Crippen LogP contribution in [0.15, 0.2) is 34.8 Å². The van der Waals surface area contributed by atoms with Gasteiger partial charge in [-0.1, -0.05) is 29.8 Å². The van der Waals surface area contributed by atoms with Crippen LogP contribution < -0.4 is 10.6 Å². The van der Waals surface area contributed by atoms with Gasteiger partial charge < -0.3 is 19.9 Å². The lowest BCUT2D eigenvalue weighted by atomic mass is 10.0. The highest BCUT2D eigenvalue weighted by atomic mass is 79.9. The maximum absolute atomic E-state index is 13.4. The molecule has 0 unspecified atom stereocenters. The number of rotatable bonds is 6. The van der Waals surface area contributed by atoms with Crippen molar-refractivity contribution < 1.29 is 19.2 Å². The zero-order chi connectivity index (χ0) is 27.1. The maximum Gasteiger partial charge on any atom is 0.408 e. The van der Waals surface area contributed by atoms with Gasteiger partial charge in [0.05, 0.1) is 16.5 Å². The van der Waals surface area contributed by atoms with E-state index < -0.39 is 28.7 Å². The van der Waals surface area contributed by atoms with Gasteiger partial charge in [-0.05, 0) is 74.2 Å². The summed E-state index contributed by atoms with van der Waals surface area (Å²) in [5, 5.41) is 17.5. The fourth-order valence-electron chi connectivity index (χ4n) is 4.45. The first-order valence-corrected chi connectivity index (χ1v) is 12.8. The van der Waals surface area contributed by atoms with Crippen LogP contribution in [0.3, 0.4) is 0 Å². The van der Waals surface area contributed by atoms with Crippen LogP contribution in [0.2, 0.25) is 0 Å². The SMILES string of the molecule is Cc1ccc(C[C@H](NC(=O)OC(C)(C)C)C(=O)N[C@H]2CCn3c2nc2c([N+](=O)[O-])c(Br)c(C)cc23)cc1. The molecule has 0 bridgehead atoms. The number of nitrogens with zero attached hydrogens (tertiary/aromatic N) is 3. The number of benzene rings is 2. The number of aryl methyl sites for hydroxylation is 3. The van der Waals surface area contributed by atoms with E-state index in [1.54, 1.807) is 27.7 Å². The van der Waals surface area contributed by atoms with Gasteiger partial charge in [0.25, 0.3) is 0 Å². The minimum Gasteiger partial charge on any atom is -0.444 e. The summed E-state index contributed by atoms with van der Waals surface area (Å²) in [5.74, 6) is 0.166. The van der Waals surface area contributed by atoms with Crippen LogP contribution in [-0.2, 0) is 22.5 Å². The summed E-state index contributed by atoms with van der Waals surface area (Å²) in [5.41, 5.74) is 2.83. The highest BCUT2D eigenvalue weighted by molar-refractivity contribution is 9.10. The van der Waals surface area contributed by atoms with Gasteiger partial charge in [-0.3, -0.25) is 14.9 Å². The van der Waals surface area contributed by atoms with Crippen molar-refractivity contribution in [3.8, 4) is 0 Å². The second-order valence-electron chi connectivity index (χ2n) is 10.3. The quantitative estimate of drug-likeness (QED) is 0.315. The van der Waals surface area contributed by atoms with Crippen molar-refractivity contribution in [1.82, 2.24) is 20.2 Å². The van der Waals surface area contributed by atoms with Crippen molar-refractivity contribution in [2.24, 2.45) is 0 Å². The van der Waals surface area contributed by atoms with E-state index in [4.69, 9.17) is 4.74 Å². The molecule has 2 atom stereocenters. The van der Waals surface area contributed by atoms with Gasteiger partial charge >= 0.3 is 11.8 Å². The standard InChI is InChI=1S/C26H30BrN5O5/c1-14-6-8-16(9-7-14)13-18(29-25(34)37-26(3,4)5)24(33)28-17-10-11-31-19-12-15(2)20(27)22(32(35)36)21(19)30-23(17)31/h6-9,12,17-18H,10-11,13H2,1-5H3,(H,28,33)(H,29,34)/t17-,18-/m0/s1. The Morgan fingerprint density at radius 1 is 1.27 bits per heavy atom. The molecule has 0 saturated carbocycles. The molecule has 0 saturated heterocycles. The lowest BCUT2D eigenvalue weighted by Crippen LogP contribution is -2.50. The number of nitro groups is 1. The fourth-order valence-corrected chi connectivity index (χ4v) is 4.89. The molecular formula is C26H30BrN5O5. The van der Waals surface area contributed by atoms with Crippen LogP contribution in [0.4, 0.5) is 10.5 Å². The van der Waals surface area contributed by atoms with E-state index in [1.807, 2.05) is 41.8 Å². The van der Waals surface area contributed by atoms with Gasteiger partial charge in [-0.25, -0.2) is 9.78 Å². The number of carbonyl (C=O) groups excluding carboxylic acids is 2. The van der Waals surface area contributed by atoms with Crippen LogP contribution in [0.5, 0.6) is 0 Å². The zero-order valence-corrected chi connectivity index (χ0v) is 23.0. The number of imidazole rings is 1. The molecule has 0 radical (unpaired) electrons. The largest absolute Gasteiger partial charge is 0.444 e. The molecule has 0 aliphatic carbocycles. The molecule has 2 heterocycles. The van der Waals surface area contributed by atoms with Crippen molar-refractivity contribution in [3.05, 3.63) is 67.4 Å². The second kappa shape index (κ2) is 10.1. The first-order valence-electron chi connectivity index (χ1n) is 12.0. The van der Waals surface area contributed by atoms with E-state index in [1.165, 1.54) is 0 Å². The predicted molar refractivity (Wildman–Crippen MR) is 142 cm³/mol. The first kappa shape index (κ1) is 26.6. The Hall–Kier alpha value is -3.47. The summed E-state index contributed by atoms with van der Waals surface area (Å²) < 4.78 is 7.68. The number of hydrogen-bond donors (Lipinski definition) is 2. The Labute approximate surface area is 223 Å². The number of nitrogens with one attached hydrogen (secondary N) is 2. The Morgan fingerprint density at radius 2 is 1.95 bits per heavy atom. The average Bonchev–Trinajstić information content (AvgIpc) is 3.33. The Balaban J connectivity index is 1.61. The summed E-state index contributed by atoms with van der Waals surface area (Å²) in [6.45, 7) is 9.58. The van der Waals surface area contributed by atoms with Gasteiger partial charge in [0.15, 0.2) is 5.52 Å². The molecular weight excluding hydrogens is 542 g/mol. The maximum atomic E-state index is 13.4. The van der Waals surface area contributed by atoms with E-state index in [0.29, 0.717) is 28.8 Å². The predicted octanol–water partition coefficient (Wildman–Crippen LogP) is 5.02. The van der Waals surface area contributed by atoms with Gasteiger partial charge in [0.2, 0.25) is 5.91 Å². The molecule has 2 amide bonds. The number of amides is 2. The summed E-state index contributed by atoms with van der Waals surface area (Å²) in [7, 11) is 0. The molecule has 4 rings (SSSR count). The molecule has 2 N–H and O–H groups in total. The monoisotopic (exact) mass is 571 g/mol. The van der Waals surface area contributed by atoms with Crippen LogP contribution >= 0.6 is 15.9 Å². The van der Waals surface area contributed by atoms with Crippen molar-refractivity contribution in [3.63, 3.8) is 0 Å². The average molecular weight is 572 g/mol. The van der Waals surface area contributed by atoms with Crippen molar-refractivity contribution in [2.75, 3.05) is 0 Å². The van der Waals surface area contributed by atoms with Gasteiger partial charge in [0, 0.05) is 13.0 Å². The number of carbonyl (C=O) groups is 2. The zero-order valence-electron chi connectivity index (χ0n) is 21.4. The summed E-state index contributed by atoms with van der Waals surface area (Å²) in [6.07, 6.45) is 0.164. The number of aromatic nitrogens is 2. The molecule has 11 heteroatoms. The van der Waals surface area contributed by atoms with Crippen LogP contribution in [0.25, 0.3) is 11.0 Å². The third-order valence-electron chi connectivity index (χ3n) is 6.19. The van der Waals surface area contributed by atoms with Gasteiger partial charge in [0.1, 0.15) is 21.9 Å². The third-order valence-corrected chi connectivity index (χ3v) is 7.19. The number of nitro benzene ring substituents is 1. The molecule has 37 heavy (non-hydrogen) atoms. The molecule has 0 spiro atoms. The smallest absolute Gasteiger partial charge is 0.408 e. The van der Waals surface area contributed by atoms with Gasteiger partial charge in [-0.2, -0.15) is 0 Å². The second-order valence-corrected chi connectivity index (χ2v) is 11.1. The van der Waals surface area contributed by atoms with E-state index in [9.17, 15) is 19.7 Å². The van der Waals surface area contributed by atoms with E-state index in [2.05, 4.69) is 31.5 Å².